The molecule has 0 saturated heterocycles. The molecular weight excluding hydrogens is 374 g/mol. The van der Waals surface area contributed by atoms with Gasteiger partial charge in [-0.25, -0.2) is 4.99 Å². The first-order chi connectivity index (χ1) is 13.6. The number of carbonyl (C=O) groups excluding carboxylic acids is 1. The van der Waals surface area contributed by atoms with E-state index in [2.05, 4.69) is 11.1 Å². The minimum Gasteiger partial charge on any atom is -0.490 e. The number of thiophene rings is 1. The predicted molar refractivity (Wildman–Crippen MR) is 107 cm³/mol. The third-order valence-electron chi connectivity index (χ3n) is 4.76. The quantitative estimate of drug-likeness (QED) is 0.724. The van der Waals surface area contributed by atoms with Gasteiger partial charge in [-0.2, -0.15) is 5.26 Å². The summed E-state index contributed by atoms with van der Waals surface area (Å²) in [6, 6.07) is 9.36. The van der Waals surface area contributed by atoms with Crippen molar-refractivity contribution >= 4 is 33.2 Å². The van der Waals surface area contributed by atoms with Gasteiger partial charge < -0.3 is 14.9 Å². The van der Waals surface area contributed by atoms with Crippen molar-refractivity contribution in [3.63, 3.8) is 0 Å². The number of hydrogen-bond acceptors (Lipinski definition) is 6. The van der Waals surface area contributed by atoms with Crippen LogP contribution in [-0.2, 0) is 12.8 Å². The number of carbonyl (C=O) groups is 1. The van der Waals surface area contributed by atoms with Gasteiger partial charge in [0.05, 0.1) is 12.2 Å². The third kappa shape index (κ3) is 3.16. The largest absolute Gasteiger partial charge is 0.490 e. The first-order valence-electron chi connectivity index (χ1n) is 9.21. The van der Waals surface area contributed by atoms with E-state index in [-0.39, 0.29) is 5.55 Å². The number of nitrogens with zero attached hydrogens (tertiary/aromatic N) is 2. The molecule has 0 bridgehead atoms. The highest BCUT2D eigenvalue weighted by molar-refractivity contribution is 7.16. The molecule has 0 aliphatic heterocycles. The van der Waals surface area contributed by atoms with Gasteiger partial charge in [0.1, 0.15) is 16.6 Å². The zero-order valence-corrected chi connectivity index (χ0v) is 16.3. The number of benzene rings is 1. The Kier molecular flexibility index (Phi) is 4.88. The van der Waals surface area contributed by atoms with E-state index in [1.165, 1.54) is 11.3 Å². The van der Waals surface area contributed by atoms with E-state index < -0.39 is 5.91 Å². The van der Waals surface area contributed by atoms with E-state index in [1.807, 2.05) is 25.1 Å². The molecule has 0 saturated carbocycles. The molecule has 0 radical (unpaired) electrons. The van der Waals surface area contributed by atoms with Crippen molar-refractivity contribution in [2.24, 2.45) is 10.7 Å². The lowest BCUT2D eigenvalue weighted by atomic mass is 9.95. The number of aryl methyl sites for hydroxylation is 1. The summed E-state index contributed by atoms with van der Waals surface area (Å²) < 4.78 is 11.6. The fourth-order valence-corrected chi connectivity index (χ4v) is 4.79. The maximum Gasteiger partial charge on any atom is 0.252 e. The molecule has 3 aromatic rings. The van der Waals surface area contributed by atoms with E-state index in [0.29, 0.717) is 34.1 Å². The van der Waals surface area contributed by atoms with Crippen molar-refractivity contribution in [2.75, 3.05) is 6.61 Å². The molecule has 1 aliphatic rings. The zero-order chi connectivity index (χ0) is 19.7. The van der Waals surface area contributed by atoms with Gasteiger partial charge >= 0.3 is 0 Å². The van der Waals surface area contributed by atoms with Crippen LogP contribution in [0.1, 0.15) is 46.1 Å². The highest BCUT2D eigenvalue weighted by atomic mass is 32.1. The first kappa shape index (κ1) is 18.3. The smallest absolute Gasteiger partial charge is 0.252 e. The summed E-state index contributed by atoms with van der Waals surface area (Å²) in [4.78, 5) is 17.8. The lowest BCUT2D eigenvalue weighted by Gasteiger charge is -2.10. The van der Waals surface area contributed by atoms with Crippen LogP contribution in [0.25, 0.3) is 11.0 Å². The van der Waals surface area contributed by atoms with Crippen molar-refractivity contribution in [3.05, 3.63) is 51.4 Å². The lowest BCUT2D eigenvalue weighted by molar-refractivity contribution is 0.1000. The number of fused-ring (bicyclic) bond motifs is 2. The molecule has 0 fully saturated rings. The van der Waals surface area contributed by atoms with Gasteiger partial charge in [-0.3, -0.25) is 4.79 Å². The SMILES string of the molecule is CCOc1cccc2cc(C#N)/c(=N/c3sc4c(c3C(N)=O)CCCC4)oc12. The minimum atomic E-state index is -0.493. The van der Waals surface area contributed by atoms with Gasteiger partial charge in [0.2, 0.25) is 5.55 Å². The number of rotatable bonds is 4. The molecule has 1 amide bonds. The van der Waals surface area contributed by atoms with Crippen LogP contribution in [0.4, 0.5) is 5.00 Å². The van der Waals surface area contributed by atoms with E-state index in [4.69, 9.17) is 14.9 Å². The number of nitrogens with two attached hydrogens (primary N) is 1. The Bertz CT molecular complexity index is 1180. The molecule has 142 valence electrons. The van der Waals surface area contributed by atoms with E-state index in [1.54, 1.807) is 6.07 Å². The molecule has 2 N–H and O–H groups in total. The first-order valence-corrected chi connectivity index (χ1v) is 10.0. The maximum atomic E-state index is 12.1. The van der Waals surface area contributed by atoms with Crippen LogP contribution in [0.3, 0.4) is 0 Å². The molecule has 0 spiro atoms. The summed E-state index contributed by atoms with van der Waals surface area (Å²) in [5.74, 6) is 0.0917. The highest BCUT2D eigenvalue weighted by Gasteiger charge is 2.24. The number of para-hydroxylation sites is 1. The second kappa shape index (κ2) is 7.49. The Morgan fingerprint density at radius 3 is 2.96 bits per heavy atom. The summed E-state index contributed by atoms with van der Waals surface area (Å²) in [5.41, 5.74) is 8.07. The molecule has 2 heterocycles. The molecule has 2 aromatic heterocycles. The van der Waals surface area contributed by atoms with Gasteiger partial charge in [0.15, 0.2) is 11.3 Å². The minimum absolute atomic E-state index is 0.156. The summed E-state index contributed by atoms with van der Waals surface area (Å²) >= 11 is 1.46. The Balaban J connectivity index is 1.97. The second-order valence-electron chi connectivity index (χ2n) is 6.55. The summed E-state index contributed by atoms with van der Waals surface area (Å²) in [5, 5.41) is 10.8. The van der Waals surface area contributed by atoms with Crippen LogP contribution in [-0.4, -0.2) is 12.5 Å². The molecule has 6 nitrogen and oxygen atoms in total. The monoisotopic (exact) mass is 393 g/mol. The lowest BCUT2D eigenvalue weighted by Crippen LogP contribution is -2.15. The molecule has 1 aromatic carbocycles. The molecule has 0 unspecified atom stereocenters. The number of nitriles is 1. The van der Waals surface area contributed by atoms with Crippen molar-refractivity contribution in [3.8, 4) is 11.8 Å². The van der Waals surface area contributed by atoms with Crippen molar-refractivity contribution < 1.29 is 13.9 Å². The molecule has 4 rings (SSSR count). The van der Waals surface area contributed by atoms with Crippen LogP contribution in [0, 0.1) is 11.3 Å². The van der Waals surface area contributed by atoms with E-state index in [9.17, 15) is 10.1 Å². The van der Waals surface area contributed by atoms with Gasteiger partial charge in [-0.15, -0.1) is 11.3 Å². The Labute approximate surface area is 165 Å². The van der Waals surface area contributed by atoms with Crippen LogP contribution < -0.4 is 16.0 Å². The zero-order valence-electron chi connectivity index (χ0n) is 15.4. The summed E-state index contributed by atoms with van der Waals surface area (Å²) in [6.07, 6.45) is 3.87. The number of primary amides is 1. The molecule has 1 aliphatic carbocycles. The van der Waals surface area contributed by atoms with Crippen molar-refractivity contribution in [1.29, 1.82) is 5.26 Å². The summed E-state index contributed by atoms with van der Waals surface area (Å²) in [7, 11) is 0. The number of amides is 1. The maximum absolute atomic E-state index is 12.1. The highest BCUT2D eigenvalue weighted by Crippen LogP contribution is 2.39. The molecule has 0 atom stereocenters. The Morgan fingerprint density at radius 2 is 2.21 bits per heavy atom. The van der Waals surface area contributed by atoms with Crippen LogP contribution in [0.15, 0.2) is 33.7 Å². The molecular formula is C21H19N3O3S. The predicted octanol–water partition coefficient (Wildman–Crippen LogP) is 3.97. The average molecular weight is 393 g/mol. The van der Waals surface area contributed by atoms with E-state index in [0.717, 1.165) is 41.5 Å². The standard InChI is InChI=1S/C21H19N3O3S/c1-2-26-15-8-5-6-12-10-13(11-22)20(27-18(12)15)24-21-17(19(23)25)14-7-3-4-9-16(14)28-21/h5-6,8,10H,2-4,7,9H2,1H3,(H2,23,25)/b24-20-. The van der Waals surface area contributed by atoms with Crippen molar-refractivity contribution in [1.82, 2.24) is 0 Å². The summed E-state index contributed by atoms with van der Waals surface area (Å²) in [6.45, 7) is 2.38. The Morgan fingerprint density at radius 1 is 1.39 bits per heavy atom. The van der Waals surface area contributed by atoms with Gasteiger partial charge in [0, 0.05) is 10.3 Å². The topological polar surface area (TPSA) is 102 Å². The number of hydrogen-bond donors (Lipinski definition) is 1. The second-order valence-corrected chi connectivity index (χ2v) is 7.64. The van der Waals surface area contributed by atoms with Gasteiger partial charge in [-0.1, -0.05) is 12.1 Å². The van der Waals surface area contributed by atoms with Crippen LogP contribution >= 0.6 is 11.3 Å². The fraction of sp³-hybridized carbons (Fsp3) is 0.286. The van der Waals surface area contributed by atoms with Gasteiger partial charge in [-0.05, 0) is 50.3 Å². The Hall–Kier alpha value is -3.11. The third-order valence-corrected chi connectivity index (χ3v) is 5.95. The van der Waals surface area contributed by atoms with Crippen LogP contribution in [0.2, 0.25) is 0 Å². The average Bonchev–Trinajstić information content (AvgIpc) is 3.06. The van der Waals surface area contributed by atoms with Crippen molar-refractivity contribution in [2.45, 2.75) is 32.6 Å². The normalized spacial score (nSPS) is 13.9. The number of ether oxygens (including phenoxy) is 1. The van der Waals surface area contributed by atoms with Gasteiger partial charge in [0.25, 0.3) is 5.91 Å². The molecule has 28 heavy (non-hydrogen) atoms. The fourth-order valence-electron chi connectivity index (χ4n) is 3.53. The van der Waals surface area contributed by atoms with Crippen LogP contribution in [0.5, 0.6) is 5.75 Å². The molecule has 7 heteroatoms. The van der Waals surface area contributed by atoms with E-state index >= 15 is 0 Å².